The summed E-state index contributed by atoms with van der Waals surface area (Å²) in [6.07, 6.45) is 0. The monoisotopic (exact) mass is 392 g/mol. The van der Waals surface area contributed by atoms with Crippen LogP contribution >= 0.6 is 27.3 Å². The molecular formula is C13H14BrFN2O2S2. The van der Waals surface area contributed by atoms with Crippen LogP contribution < -0.4 is 10.5 Å². The van der Waals surface area contributed by atoms with Crippen LogP contribution in [0, 0.1) is 19.7 Å². The van der Waals surface area contributed by atoms with Crippen LogP contribution in [-0.2, 0) is 16.6 Å². The van der Waals surface area contributed by atoms with Gasteiger partial charge < -0.3 is 5.73 Å². The summed E-state index contributed by atoms with van der Waals surface area (Å²) in [5, 5.41) is 0. The van der Waals surface area contributed by atoms with Gasteiger partial charge in [0.15, 0.2) is 0 Å². The molecule has 0 spiro atoms. The Bertz CT molecular complexity index is 788. The van der Waals surface area contributed by atoms with Gasteiger partial charge in [-0.1, -0.05) is 0 Å². The van der Waals surface area contributed by atoms with Crippen molar-refractivity contribution >= 4 is 43.0 Å². The number of anilines is 1. The van der Waals surface area contributed by atoms with Gasteiger partial charge in [0.05, 0.1) is 10.2 Å². The van der Waals surface area contributed by atoms with Crippen molar-refractivity contribution in [1.29, 1.82) is 0 Å². The van der Waals surface area contributed by atoms with E-state index in [2.05, 4.69) is 20.7 Å². The topological polar surface area (TPSA) is 72.2 Å². The predicted octanol–water partition coefficient (Wildman–Crippen LogP) is 3.53. The number of rotatable bonds is 4. The average molecular weight is 393 g/mol. The zero-order valence-corrected chi connectivity index (χ0v) is 14.6. The van der Waals surface area contributed by atoms with Gasteiger partial charge in [0.2, 0.25) is 0 Å². The Labute approximate surface area is 135 Å². The van der Waals surface area contributed by atoms with Crippen LogP contribution in [0.5, 0.6) is 0 Å². The van der Waals surface area contributed by atoms with Crippen LogP contribution in [0.15, 0.2) is 27.6 Å². The van der Waals surface area contributed by atoms with Gasteiger partial charge >= 0.3 is 0 Å². The summed E-state index contributed by atoms with van der Waals surface area (Å²) < 4.78 is 41.0. The Hall–Kier alpha value is -0.960. The Morgan fingerprint density at radius 2 is 2.00 bits per heavy atom. The predicted molar refractivity (Wildman–Crippen MR) is 86.6 cm³/mol. The fourth-order valence-electron chi connectivity index (χ4n) is 1.85. The number of benzene rings is 1. The van der Waals surface area contributed by atoms with Gasteiger partial charge in [0.1, 0.15) is 10.7 Å². The van der Waals surface area contributed by atoms with E-state index < -0.39 is 15.8 Å². The van der Waals surface area contributed by atoms with Crippen molar-refractivity contribution in [3.63, 3.8) is 0 Å². The first kappa shape index (κ1) is 16.4. The van der Waals surface area contributed by atoms with E-state index in [0.717, 1.165) is 4.88 Å². The van der Waals surface area contributed by atoms with Gasteiger partial charge in [0, 0.05) is 16.3 Å². The van der Waals surface area contributed by atoms with E-state index in [1.54, 1.807) is 19.9 Å². The maximum Gasteiger partial charge on any atom is 0.263 e. The van der Waals surface area contributed by atoms with Gasteiger partial charge in [-0.2, -0.15) is 0 Å². The number of hydrogen-bond donors (Lipinski definition) is 2. The van der Waals surface area contributed by atoms with Crippen LogP contribution in [0.2, 0.25) is 0 Å². The quantitative estimate of drug-likeness (QED) is 0.835. The number of aryl methyl sites for hydroxylation is 2. The van der Waals surface area contributed by atoms with Crippen LogP contribution in [0.3, 0.4) is 0 Å². The molecule has 8 heteroatoms. The van der Waals surface area contributed by atoms with Crippen LogP contribution in [0.4, 0.5) is 10.1 Å². The van der Waals surface area contributed by atoms with Crippen molar-refractivity contribution in [2.24, 2.45) is 5.73 Å². The molecule has 1 aromatic heterocycles. The SMILES string of the molecule is Cc1cc(F)c(Br)cc1NS(=O)(=O)c1cc(CN)sc1C. The average Bonchev–Trinajstić information content (AvgIpc) is 2.78. The highest BCUT2D eigenvalue weighted by Gasteiger charge is 2.21. The molecule has 4 nitrogen and oxygen atoms in total. The molecule has 2 aromatic rings. The van der Waals surface area contributed by atoms with Crippen molar-refractivity contribution in [3.8, 4) is 0 Å². The molecule has 3 N–H and O–H groups in total. The molecule has 21 heavy (non-hydrogen) atoms. The lowest BCUT2D eigenvalue weighted by Crippen LogP contribution is -2.14. The lowest BCUT2D eigenvalue weighted by atomic mass is 10.2. The van der Waals surface area contributed by atoms with E-state index in [1.165, 1.54) is 23.5 Å². The highest BCUT2D eigenvalue weighted by Crippen LogP contribution is 2.30. The van der Waals surface area contributed by atoms with E-state index >= 15 is 0 Å². The highest BCUT2D eigenvalue weighted by atomic mass is 79.9. The smallest absolute Gasteiger partial charge is 0.263 e. The third kappa shape index (κ3) is 3.45. The Balaban J connectivity index is 2.42. The van der Waals surface area contributed by atoms with E-state index in [4.69, 9.17) is 5.73 Å². The maximum absolute atomic E-state index is 13.4. The normalized spacial score (nSPS) is 11.7. The van der Waals surface area contributed by atoms with Crippen molar-refractivity contribution in [2.45, 2.75) is 25.3 Å². The third-order valence-corrected chi connectivity index (χ3v) is 6.23. The summed E-state index contributed by atoms with van der Waals surface area (Å²) in [5.41, 5.74) is 6.38. The Kier molecular flexibility index (Phi) is 4.72. The zero-order chi connectivity index (χ0) is 15.8. The summed E-state index contributed by atoms with van der Waals surface area (Å²) in [7, 11) is -3.72. The van der Waals surface area contributed by atoms with Gasteiger partial charge in [-0.15, -0.1) is 11.3 Å². The molecule has 2 rings (SSSR count). The highest BCUT2D eigenvalue weighted by molar-refractivity contribution is 9.10. The zero-order valence-electron chi connectivity index (χ0n) is 11.4. The van der Waals surface area contributed by atoms with Crippen molar-refractivity contribution in [2.75, 3.05) is 4.72 Å². The summed E-state index contributed by atoms with van der Waals surface area (Å²) >= 11 is 4.40. The fourth-order valence-corrected chi connectivity index (χ4v) is 4.83. The van der Waals surface area contributed by atoms with E-state index in [1.807, 2.05) is 0 Å². The van der Waals surface area contributed by atoms with Crippen molar-refractivity contribution in [3.05, 3.63) is 43.8 Å². The van der Waals surface area contributed by atoms with E-state index in [-0.39, 0.29) is 9.37 Å². The van der Waals surface area contributed by atoms with Crippen LogP contribution in [0.1, 0.15) is 15.3 Å². The molecule has 1 heterocycles. The first-order valence-corrected chi connectivity index (χ1v) is 9.11. The van der Waals surface area contributed by atoms with Gasteiger partial charge in [0.25, 0.3) is 10.0 Å². The molecule has 1 aromatic carbocycles. The molecule has 0 aliphatic carbocycles. The first-order chi connectivity index (χ1) is 9.74. The van der Waals surface area contributed by atoms with E-state index in [0.29, 0.717) is 22.7 Å². The van der Waals surface area contributed by atoms with Crippen molar-refractivity contribution < 1.29 is 12.8 Å². The largest absolute Gasteiger partial charge is 0.326 e. The maximum atomic E-state index is 13.4. The molecular weight excluding hydrogens is 379 g/mol. The molecule has 0 saturated heterocycles. The first-order valence-electron chi connectivity index (χ1n) is 6.02. The molecule has 114 valence electrons. The third-order valence-electron chi connectivity index (χ3n) is 2.93. The van der Waals surface area contributed by atoms with Gasteiger partial charge in [-0.3, -0.25) is 4.72 Å². The molecule has 0 aliphatic heterocycles. The second kappa shape index (κ2) is 6.04. The van der Waals surface area contributed by atoms with E-state index in [9.17, 15) is 12.8 Å². The molecule has 0 atom stereocenters. The summed E-state index contributed by atoms with van der Waals surface area (Å²) in [4.78, 5) is 1.67. The molecule has 0 radical (unpaired) electrons. The van der Waals surface area contributed by atoms with Crippen molar-refractivity contribution in [1.82, 2.24) is 0 Å². The lowest BCUT2D eigenvalue weighted by Gasteiger charge is -2.11. The summed E-state index contributed by atoms with van der Waals surface area (Å²) in [5.74, 6) is -0.437. The standard InChI is InChI=1S/C13H14BrFN2O2S2/c1-7-3-11(15)10(14)5-12(7)17-21(18,19)13-4-9(6-16)20-8(13)2/h3-5,17H,6,16H2,1-2H3. The number of nitrogens with two attached hydrogens (primary N) is 1. The summed E-state index contributed by atoms with van der Waals surface area (Å²) in [6, 6.07) is 4.25. The minimum absolute atomic E-state index is 0.202. The Morgan fingerprint density at radius 3 is 2.57 bits per heavy atom. The molecule has 0 fully saturated rings. The Morgan fingerprint density at radius 1 is 1.33 bits per heavy atom. The molecule has 0 amide bonds. The number of thiophene rings is 1. The number of halogens is 2. The number of nitrogens with one attached hydrogen (secondary N) is 1. The van der Waals surface area contributed by atoms with Gasteiger partial charge in [-0.25, -0.2) is 12.8 Å². The number of hydrogen-bond acceptors (Lipinski definition) is 4. The molecule has 0 aliphatic rings. The molecule has 0 saturated carbocycles. The second-order valence-electron chi connectivity index (χ2n) is 4.52. The molecule has 0 bridgehead atoms. The van der Waals surface area contributed by atoms with Crippen LogP contribution in [0.25, 0.3) is 0 Å². The molecule has 0 unspecified atom stereocenters. The fraction of sp³-hybridized carbons (Fsp3) is 0.231. The lowest BCUT2D eigenvalue weighted by molar-refractivity contribution is 0.600. The second-order valence-corrected chi connectivity index (χ2v) is 8.37. The van der Waals surface area contributed by atoms with Crippen LogP contribution in [-0.4, -0.2) is 8.42 Å². The number of sulfonamides is 1. The minimum Gasteiger partial charge on any atom is -0.326 e. The van der Waals surface area contributed by atoms with Gasteiger partial charge in [-0.05, 0) is 53.5 Å². The summed E-state index contributed by atoms with van der Waals surface area (Å²) in [6.45, 7) is 3.66. The minimum atomic E-state index is -3.72.